The molecule has 2 aromatic rings. The molecule has 1 atom stereocenters. The van der Waals surface area contributed by atoms with Gasteiger partial charge >= 0.3 is 0 Å². The highest BCUT2D eigenvalue weighted by Gasteiger charge is 2.19. The van der Waals surface area contributed by atoms with Crippen LogP contribution < -0.4 is 24.3 Å². The van der Waals surface area contributed by atoms with Crippen molar-refractivity contribution in [2.24, 2.45) is 0 Å². The lowest BCUT2D eigenvalue weighted by Crippen LogP contribution is -2.25. The third-order valence-electron chi connectivity index (χ3n) is 3.99. The van der Waals surface area contributed by atoms with Crippen molar-refractivity contribution < 1.29 is 23.7 Å². The molecule has 0 heterocycles. The summed E-state index contributed by atoms with van der Waals surface area (Å²) in [5.74, 6) is 1.43. The Morgan fingerprint density at radius 3 is 2.14 bits per heavy atom. The summed E-state index contributed by atoms with van der Waals surface area (Å²) in [4.78, 5) is 12.3. The number of para-hydroxylation sites is 1. The molecule has 7 nitrogen and oxygen atoms in total. The van der Waals surface area contributed by atoms with Crippen LogP contribution in [0.4, 0.5) is 0 Å². The van der Waals surface area contributed by atoms with Gasteiger partial charge in [0.2, 0.25) is 11.7 Å². The fourth-order valence-corrected chi connectivity index (χ4v) is 2.62. The number of nitrogens with one attached hydrogen (secondary N) is 1. The molecule has 1 unspecified atom stereocenters. The molecule has 2 rings (SSSR count). The maximum absolute atomic E-state index is 12.3. The van der Waals surface area contributed by atoms with Crippen molar-refractivity contribution in [3.05, 3.63) is 53.6 Å². The third-order valence-corrected chi connectivity index (χ3v) is 3.99. The Morgan fingerprint density at radius 1 is 1.00 bits per heavy atom. The Balaban J connectivity index is 2.23. The lowest BCUT2D eigenvalue weighted by Gasteiger charge is -2.17. The van der Waals surface area contributed by atoms with Crippen LogP contribution in [0.2, 0.25) is 0 Å². The van der Waals surface area contributed by atoms with E-state index in [0.717, 1.165) is 5.56 Å². The summed E-state index contributed by atoms with van der Waals surface area (Å²) >= 11 is 0. The largest absolute Gasteiger partial charge is 0.496 e. The van der Waals surface area contributed by atoms with Gasteiger partial charge in [-0.25, -0.2) is 0 Å². The molecule has 0 radical (unpaired) electrons. The van der Waals surface area contributed by atoms with Crippen LogP contribution in [0.3, 0.4) is 0 Å². The van der Waals surface area contributed by atoms with Crippen molar-refractivity contribution in [2.45, 2.75) is 6.04 Å². The van der Waals surface area contributed by atoms with Crippen molar-refractivity contribution in [3.63, 3.8) is 0 Å². The zero-order valence-corrected chi connectivity index (χ0v) is 16.2. The van der Waals surface area contributed by atoms with E-state index >= 15 is 0 Å². The van der Waals surface area contributed by atoms with E-state index in [4.69, 9.17) is 18.9 Å². The molecule has 28 heavy (non-hydrogen) atoms. The number of ether oxygens (including phenoxy) is 4. The Hall–Kier alpha value is -3.66. The molecule has 0 fully saturated rings. The molecule has 1 N–H and O–H groups in total. The number of hydrogen-bond acceptors (Lipinski definition) is 6. The van der Waals surface area contributed by atoms with Crippen LogP contribution in [0.1, 0.15) is 17.2 Å². The zero-order valence-electron chi connectivity index (χ0n) is 16.2. The lowest BCUT2D eigenvalue weighted by molar-refractivity contribution is -0.116. The molecule has 1 amide bonds. The average Bonchev–Trinajstić information content (AvgIpc) is 2.74. The summed E-state index contributed by atoms with van der Waals surface area (Å²) in [6.45, 7) is 0. The number of rotatable bonds is 8. The van der Waals surface area contributed by atoms with E-state index in [2.05, 4.69) is 11.4 Å². The summed E-state index contributed by atoms with van der Waals surface area (Å²) in [6.07, 6.45) is 2.97. The second-order valence-corrected chi connectivity index (χ2v) is 5.60. The molecule has 0 spiro atoms. The minimum Gasteiger partial charge on any atom is -0.496 e. The van der Waals surface area contributed by atoms with Crippen LogP contribution in [0, 0.1) is 11.3 Å². The van der Waals surface area contributed by atoms with E-state index in [-0.39, 0.29) is 0 Å². The highest BCUT2D eigenvalue weighted by atomic mass is 16.5. The Bertz CT molecular complexity index is 877. The second kappa shape index (κ2) is 9.88. The van der Waals surface area contributed by atoms with Crippen LogP contribution in [-0.4, -0.2) is 34.3 Å². The quantitative estimate of drug-likeness (QED) is 0.706. The minimum absolute atomic E-state index is 0.399. The average molecular weight is 382 g/mol. The van der Waals surface area contributed by atoms with E-state index in [1.165, 1.54) is 27.4 Å². The number of methoxy groups -OCH3 is 4. The van der Waals surface area contributed by atoms with Crippen LogP contribution in [0.5, 0.6) is 23.0 Å². The Labute approximate surface area is 164 Å². The molecule has 0 aliphatic rings. The molecule has 2 aromatic carbocycles. The maximum Gasteiger partial charge on any atom is 0.245 e. The number of benzene rings is 2. The van der Waals surface area contributed by atoms with Crippen LogP contribution in [0.15, 0.2) is 42.5 Å². The molecule has 7 heteroatoms. The van der Waals surface area contributed by atoms with Crippen molar-refractivity contribution in [3.8, 4) is 29.1 Å². The van der Waals surface area contributed by atoms with E-state index in [1.807, 2.05) is 18.2 Å². The summed E-state index contributed by atoms with van der Waals surface area (Å²) in [5.41, 5.74) is 1.26. The van der Waals surface area contributed by atoms with Crippen molar-refractivity contribution in [1.82, 2.24) is 5.32 Å². The molecular weight excluding hydrogens is 360 g/mol. The van der Waals surface area contributed by atoms with E-state index < -0.39 is 11.9 Å². The lowest BCUT2D eigenvalue weighted by atomic mass is 10.1. The standard InChI is InChI=1S/C21H22N2O5/c1-25-17-8-6-5-7-14(17)9-10-20(24)23-16(13-22)15-11-18(26-2)21(28-4)19(12-15)27-3/h5-12,16H,1-4H3,(H,23,24)/b10-9+. The van der Waals surface area contributed by atoms with Gasteiger partial charge in [0, 0.05) is 11.6 Å². The molecule has 0 aliphatic carbocycles. The number of carbonyl (C=O) groups excluding carboxylic acids is 1. The molecule has 0 aliphatic heterocycles. The summed E-state index contributed by atoms with van der Waals surface area (Å²) in [6, 6.07) is 11.7. The summed E-state index contributed by atoms with van der Waals surface area (Å²) < 4.78 is 21.1. The van der Waals surface area contributed by atoms with Crippen LogP contribution in [0.25, 0.3) is 6.08 Å². The van der Waals surface area contributed by atoms with Gasteiger partial charge in [-0.3, -0.25) is 4.79 Å². The van der Waals surface area contributed by atoms with Gasteiger partial charge in [-0.2, -0.15) is 5.26 Å². The SMILES string of the molecule is COc1ccccc1/C=C/C(=O)NC(C#N)c1cc(OC)c(OC)c(OC)c1. The first kappa shape index (κ1) is 20.6. The minimum atomic E-state index is -0.900. The predicted molar refractivity (Wildman–Crippen MR) is 105 cm³/mol. The number of amides is 1. The van der Waals surface area contributed by atoms with Crippen molar-refractivity contribution >= 4 is 12.0 Å². The Morgan fingerprint density at radius 2 is 1.61 bits per heavy atom. The van der Waals surface area contributed by atoms with E-state index in [1.54, 1.807) is 31.4 Å². The van der Waals surface area contributed by atoms with Gasteiger partial charge in [0.25, 0.3) is 0 Å². The number of hydrogen-bond donors (Lipinski definition) is 1. The van der Waals surface area contributed by atoms with Crippen LogP contribution >= 0.6 is 0 Å². The fraction of sp³-hybridized carbons (Fsp3) is 0.238. The predicted octanol–water partition coefficient (Wildman–Crippen LogP) is 3.12. The smallest absolute Gasteiger partial charge is 0.245 e. The third kappa shape index (κ3) is 4.74. The molecule has 146 valence electrons. The van der Waals surface area contributed by atoms with Gasteiger partial charge in [-0.1, -0.05) is 18.2 Å². The second-order valence-electron chi connectivity index (χ2n) is 5.60. The fourth-order valence-electron chi connectivity index (χ4n) is 2.62. The van der Waals surface area contributed by atoms with Gasteiger partial charge in [0.15, 0.2) is 11.5 Å². The van der Waals surface area contributed by atoms with Crippen molar-refractivity contribution in [1.29, 1.82) is 5.26 Å². The van der Waals surface area contributed by atoms with Gasteiger partial charge in [0.1, 0.15) is 11.8 Å². The number of nitrogens with zero attached hydrogens (tertiary/aromatic N) is 1. The first-order valence-electron chi connectivity index (χ1n) is 8.39. The highest BCUT2D eigenvalue weighted by Crippen LogP contribution is 2.39. The molecule has 0 saturated carbocycles. The Kier molecular flexibility index (Phi) is 7.28. The summed E-state index contributed by atoms with van der Waals surface area (Å²) in [5, 5.41) is 12.2. The summed E-state index contributed by atoms with van der Waals surface area (Å²) in [7, 11) is 6.02. The monoisotopic (exact) mass is 382 g/mol. The molecule has 0 aromatic heterocycles. The normalized spacial score (nSPS) is 11.4. The molecular formula is C21H22N2O5. The van der Waals surface area contributed by atoms with Crippen molar-refractivity contribution in [2.75, 3.05) is 28.4 Å². The maximum atomic E-state index is 12.3. The number of carbonyl (C=O) groups is 1. The van der Waals surface area contributed by atoms with E-state index in [9.17, 15) is 10.1 Å². The topological polar surface area (TPSA) is 89.8 Å². The first-order valence-corrected chi connectivity index (χ1v) is 8.39. The number of nitriles is 1. The highest BCUT2D eigenvalue weighted by molar-refractivity contribution is 5.92. The van der Waals surface area contributed by atoms with Gasteiger partial charge in [-0.05, 0) is 29.8 Å². The van der Waals surface area contributed by atoms with E-state index in [0.29, 0.717) is 28.6 Å². The zero-order chi connectivity index (χ0) is 20.5. The molecule has 0 saturated heterocycles. The molecule has 0 bridgehead atoms. The van der Waals surface area contributed by atoms with Gasteiger partial charge in [0.05, 0.1) is 34.5 Å². The first-order chi connectivity index (χ1) is 13.6. The van der Waals surface area contributed by atoms with Gasteiger partial charge < -0.3 is 24.3 Å². The van der Waals surface area contributed by atoms with Gasteiger partial charge in [-0.15, -0.1) is 0 Å². The van der Waals surface area contributed by atoms with Crippen LogP contribution in [-0.2, 0) is 4.79 Å².